The number of nitrogen functional groups attached to an aromatic ring is 1. The van der Waals surface area contributed by atoms with Crippen LogP contribution in [0.15, 0.2) is 23.7 Å². The van der Waals surface area contributed by atoms with E-state index in [0.29, 0.717) is 0 Å². The molecule has 0 aliphatic heterocycles. The standard InChI is InChI=1S/C11H14FN5S/c1-7(5-8-3-2-4-18-8)15-10-9(12)6-14-11(16-10)17-13/h2-4,6-7H,5,13H2,1H3,(H2,14,15,16,17). The third-order valence-corrected chi connectivity index (χ3v) is 3.24. The molecular formula is C11H14FN5S. The van der Waals surface area contributed by atoms with E-state index in [1.807, 2.05) is 24.4 Å². The third-order valence-electron chi connectivity index (χ3n) is 2.34. The first-order chi connectivity index (χ1) is 8.69. The number of aromatic nitrogens is 2. The Hall–Kier alpha value is -1.73. The Morgan fingerprint density at radius 1 is 1.56 bits per heavy atom. The van der Waals surface area contributed by atoms with E-state index in [1.54, 1.807) is 11.3 Å². The highest BCUT2D eigenvalue weighted by Gasteiger charge is 2.10. The second-order valence-electron chi connectivity index (χ2n) is 3.86. The number of rotatable bonds is 5. The van der Waals surface area contributed by atoms with Crippen molar-refractivity contribution in [1.82, 2.24) is 9.97 Å². The minimum Gasteiger partial charge on any atom is -0.365 e. The van der Waals surface area contributed by atoms with E-state index in [1.165, 1.54) is 4.88 Å². The molecule has 2 aromatic rings. The number of thiophene rings is 1. The first-order valence-electron chi connectivity index (χ1n) is 5.47. The molecule has 2 rings (SSSR count). The Bertz CT molecular complexity index is 502. The molecule has 1 atom stereocenters. The van der Waals surface area contributed by atoms with Crippen molar-refractivity contribution < 1.29 is 4.39 Å². The SMILES string of the molecule is CC(Cc1cccs1)Nc1nc(NN)ncc1F. The van der Waals surface area contributed by atoms with Crippen molar-refractivity contribution >= 4 is 23.1 Å². The second kappa shape index (κ2) is 5.74. The predicted octanol–water partition coefficient (Wildman–Crippen LogP) is 2.01. The molecule has 2 aromatic heterocycles. The Balaban J connectivity index is 2.04. The number of nitrogens with two attached hydrogens (primary N) is 1. The van der Waals surface area contributed by atoms with Crippen LogP contribution in [0.25, 0.3) is 0 Å². The van der Waals surface area contributed by atoms with Gasteiger partial charge in [-0.1, -0.05) is 6.07 Å². The molecule has 96 valence electrons. The maximum absolute atomic E-state index is 13.5. The van der Waals surface area contributed by atoms with Crippen molar-refractivity contribution in [2.75, 3.05) is 10.7 Å². The van der Waals surface area contributed by atoms with Gasteiger partial charge in [0.1, 0.15) is 0 Å². The van der Waals surface area contributed by atoms with Crippen molar-refractivity contribution in [3.8, 4) is 0 Å². The maximum Gasteiger partial charge on any atom is 0.239 e. The van der Waals surface area contributed by atoms with E-state index < -0.39 is 5.82 Å². The number of hydrogen-bond donors (Lipinski definition) is 3. The molecule has 1 unspecified atom stereocenters. The zero-order valence-electron chi connectivity index (χ0n) is 9.85. The van der Waals surface area contributed by atoms with Crippen LogP contribution in [0.3, 0.4) is 0 Å². The number of nitrogens with one attached hydrogen (secondary N) is 2. The Kier molecular flexibility index (Phi) is 4.06. The van der Waals surface area contributed by atoms with Crippen LogP contribution in [0, 0.1) is 5.82 Å². The van der Waals surface area contributed by atoms with Gasteiger partial charge < -0.3 is 5.32 Å². The summed E-state index contributed by atoms with van der Waals surface area (Å²) in [7, 11) is 0. The van der Waals surface area contributed by atoms with Crippen molar-refractivity contribution in [3.63, 3.8) is 0 Å². The van der Waals surface area contributed by atoms with Crippen LogP contribution < -0.4 is 16.6 Å². The minimum absolute atomic E-state index is 0.0682. The van der Waals surface area contributed by atoms with Gasteiger partial charge in [-0.05, 0) is 18.4 Å². The molecule has 0 saturated carbocycles. The first-order valence-corrected chi connectivity index (χ1v) is 6.35. The van der Waals surface area contributed by atoms with Gasteiger partial charge in [-0.2, -0.15) is 4.98 Å². The highest BCUT2D eigenvalue weighted by molar-refractivity contribution is 7.09. The highest BCUT2D eigenvalue weighted by Crippen LogP contribution is 2.16. The summed E-state index contributed by atoms with van der Waals surface area (Å²) >= 11 is 1.67. The van der Waals surface area contributed by atoms with Gasteiger partial charge in [0.05, 0.1) is 6.20 Å². The van der Waals surface area contributed by atoms with Crippen molar-refractivity contribution in [3.05, 3.63) is 34.4 Å². The molecular weight excluding hydrogens is 253 g/mol. The molecule has 0 fully saturated rings. The van der Waals surface area contributed by atoms with E-state index in [-0.39, 0.29) is 17.8 Å². The molecule has 0 aromatic carbocycles. The quantitative estimate of drug-likeness (QED) is 0.570. The van der Waals surface area contributed by atoms with Gasteiger partial charge in [0.2, 0.25) is 5.95 Å². The Morgan fingerprint density at radius 3 is 3.06 bits per heavy atom. The number of anilines is 2. The number of halogens is 1. The molecule has 0 radical (unpaired) electrons. The van der Waals surface area contributed by atoms with Crippen LogP contribution >= 0.6 is 11.3 Å². The summed E-state index contributed by atoms with van der Waals surface area (Å²) in [4.78, 5) is 8.85. The lowest BCUT2D eigenvalue weighted by molar-refractivity contribution is 0.612. The number of hydrogen-bond acceptors (Lipinski definition) is 6. The molecule has 0 bridgehead atoms. The summed E-state index contributed by atoms with van der Waals surface area (Å²) in [5.74, 6) is 5.03. The predicted molar refractivity (Wildman–Crippen MR) is 70.9 cm³/mol. The zero-order chi connectivity index (χ0) is 13.0. The van der Waals surface area contributed by atoms with Crippen LogP contribution in [0.2, 0.25) is 0 Å². The van der Waals surface area contributed by atoms with Gasteiger partial charge in [-0.25, -0.2) is 15.2 Å². The molecule has 4 N–H and O–H groups in total. The molecule has 2 heterocycles. The normalized spacial score (nSPS) is 12.2. The molecule has 18 heavy (non-hydrogen) atoms. The molecule has 0 saturated heterocycles. The largest absolute Gasteiger partial charge is 0.365 e. The van der Waals surface area contributed by atoms with Crippen LogP contribution in [0.4, 0.5) is 16.2 Å². The third kappa shape index (κ3) is 3.14. The van der Waals surface area contributed by atoms with Gasteiger partial charge in [-0.3, -0.25) is 5.43 Å². The van der Waals surface area contributed by atoms with Gasteiger partial charge >= 0.3 is 0 Å². The highest BCUT2D eigenvalue weighted by atomic mass is 32.1. The summed E-state index contributed by atoms with van der Waals surface area (Å²) in [6.45, 7) is 1.97. The lowest BCUT2D eigenvalue weighted by Crippen LogP contribution is -2.20. The minimum atomic E-state index is -0.493. The average Bonchev–Trinajstić information content (AvgIpc) is 2.84. The monoisotopic (exact) mass is 267 g/mol. The molecule has 5 nitrogen and oxygen atoms in total. The molecule has 0 aliphatic carbocycles. The van der Waals surface area contributed by atoms with Gasteiger partial charge in [-0.15, -0.1) is 11.3 Å². The van der Waals surface area contributed by atoms with Gasteiger partial charge in [0, 0.05) is 17.3 Å². The van der Waals surface area contributed by atoms with Crippen LogP contribution in [0.1, 0.15) is 11.8 Å². The van der Waals surface area contributed by atoms with Crippen molar-refractivity contribution in [2.45, 2.75) is 19.4 Å². The van der Waals surface area contributed by atoms with E-state index in [4.69, 9.17) is 5.84 Å². The summed E-state index contributed by atoms with van der Waals surface area (Å²) in [5, 5.41) is 5.03. The Labute approximate surface area is 108 Å². The first kappa shape index (κ1) is 12.7. The fraction of sp³-hybridized carbons (Fsp3) is 0.273. The fourth-order valence-corrected chi connectivity index (χ4v) is 2.39. The van der Waals surface area contributed by atoms with Crippen LogP contribution in [-0.4, -0.2) is 16.0 Å². The second-order valence-corrected chi connectivity index (χ2v) is 4.90. The zero-order valence-corrected chi connectivity index (χ0v) is 10.7. The average molecular weight is 267 g/mol. The number of hydrazine groups is 1. The Morgan fingerprint density at radius 2 is 2.39 bits per heavy atom. The molecule has 0 aliphatic rings. The van der Waals surface area contributed by atoms with E-state index in [9.17, 15) is 4.39 Å². The van der Waals surface area contributed by atoms with E-state index in [0.717, 1.165) is 12.6 Å². The number of nitrogens with zero attached hydrogens (tertiary/aromatic N) is 2. The summed E-state index contributed by atoms with van der Waals surface area (Å²) < 4.78 is 13.5. The summed E-state index contributed by atoms with van der Waals surface area (Å²) in [6.07, 6.45) is 1.90. The molecule has 0 amide bonds. The van der Waals surface area contributed by atoms with Crippen molar-refractivity contribution in [1.29, 1.82) is 0 Å². The maximum atomic E-state index is 13.5. The van der Waals surface area contributed by atoms with E-state index >= 15 is 0 Å². The van der Waals surface area contributed by atoms with Crippen LogP contribution in [0.5, 0.6) is 0 Å². The van der Waals surface area contributed by atoms with E-state index in [2.05, 4.69) is 20.7 Å². The van der Waals surface area contributed by atoms with Crippen LogP contribution in [-0.2, 0) is 6.42 Å². The lowest BCUT2D eigenvalue weighted by atomic mass is 10.2. The topological polar surface area (TPSA) is 75.9 Å². The smallest absolute Gasteiger partial charge is 0.239 e. The fourth-order valence-electron chi connectivity index (χ4n) is 1.55. The lowest BCUT2D eigenvalue weighted by Gasteiger charge is -2.14. The molecule has 7 heteroatoms. The van der Waals surface area contributed by atoms with Crippen molar-refractivity contribution in [2.24, 2.45) is 5.84 Å². The van der Waals surface area contributed by atoms with Gasteiger partial charge in [0.15, 0.2) is 11.6 Å². The summed E-state index contributed by atoms with van der Waals surface area (Å²) in [5.41, 5.74) is 2.29. The summed E-state index contributed by atoms with van der Waals surface area (Å²) in [6, 6.07) is 4.11. The molecule has 0 spiro atoms. The van der Waals surface area contributed by atoms with Gasteiger partial charge in [0.25, 0.3) is 0 Å².